The van der Waals surface area contributed by atoms with Gasteiger partial charge >= 0.3 is 0 Å². The summed E-state index contributed by atoms with van der Waals surface area (Å²) in [5, 5.41) is 6.79. The Bertz CT molecular complexity index is 439. The van der Waals surface area contributed by atoms with Crippen molar-refractivity contribution in [2.24, 2.45) is 0 Å². The van der Waals surface area contributed by atoms with E-state index in [-0.39, 0.29) is 5.91 Å². The van der Waals surface area contributed by atoms with Gasteiger partial charge in [-0.1, -0.05) is 13.8 Å². The number of anilines is 1. The van der Waals surface area contributed by atoms with Crippen LogP contribution in [0.15, 0.2) is 6.20 Å². The number of aromatic nitrogens is 1. The molecule has 0 radical (unpaired) electrons. The van der Waals surface area contributed by atoms with Crippen LogP contribution in [0.4, 0.5) is 5.13 Å². The Hall–Kier alpha value is -0.980. The lowest BCUT2D eigenvalue weighted by Crippen LogP contribution is -2.51. The van der Waals surface area contributed by atoms with Crippen LogP contribution >= 0.6 is 11.3 Å². The largest absolute Gasteiger partial charge is 0.368 e. The lowest BCUT2D eigenvalue weighted by Gasteiger charge is -2.34. The van der Waals surface area contributed by atoms with Gasteiger partial charge in [0.15, 0.2) is 5.13 Å². The molecule has 0 atom stereocenters. The van der Waals surface area contributed by atoms with Crippen molar-refractivity contribution in [3.05, 3.63) is 11.1 Å². The van der Waals surface area contributed by atoms with E-state index in [0.29, 0.717) is 23.9 Å². The highest BCUT2D eigenvalue weighted by molar-refractivity contribution is 7.15. The molecular weight excluding hydrogens is 262 g/mol. The Labute approximate surface area is 117 Å². The maximum absolute atomic E-state index is 12.4. The van der Waals surface area contributed by atoms with Crippen LogP contribution in [0.5, 0.6) is 0 Å². The molecule has 1 aliphatic rings. The van der Waals surface area contributed by atoms with Gasteiger partial charge in [0.25, 0.3) is 5.91 Å². The molecule has 1 aliphatic heterocycles. The van der Waals surface area contributed by atoms with Gasteiger partial charge < -0.3 is 10.1 Å². The highest BCUT2D eigenvalue weighted by Gasteiger charge is 2.40. The summed E-state index contributed by atoms with van der Waals surface area (Å²) < 4.78 is 5.49. The van der Waals surface area contributed by atoms with Crippen molar-refractivity contribution in [2.45, 2.75) is 38.2 Å². The van der Waals surface area contributed by atoms with Crippen molar-refractivity contribution in [3.63, 3.8) is 0 Å². The molecule has 6 heteroatoms. The van der Waals surface area contributed by atoms with Gasteiger partial charge in [0.2, 0.25) is 0 Å². The first-order chi connectivity index (χ1) is 9.07. The van der Waals surface area contributed by atoms with Crippen LogP contribution < -0.4 is 10.6 Å². The molecule has 1 aromatic rings. The first-order valence-electron chi connectivity index (χ1n) is 6.60. The summed E-state index contributed by atoms with van der Waals surface area (Å²) in [6, 6.07) is 0. The molecule has 1 aromatic heterocycles. The van der Waals surface area contributed by atoms with Gasteiger partial charge in [0.1, 0.15) is 5.60 Å². The molecule has 5 nitrogen and oxygen atoms in total. The van der Waals surface area contributed by atoms with E-state index in [0.717, 1.165) is 13.1 Å². The van der Waals surface area contributed by atoms with Crippen LogP contribution in [0.25, 0.3) is 0 Å². The minimum Gasteiger partial charge on any atom is -0.368 e. The molecule has 2 N–H and O–H groups in total. The number of hydrogen-bond donors (Lipinski definition) is 2. The quantitative estimate of drug-likeness (QED) is 0.887. The fraction of sp³-hybridized carbons (Fsp3) is 0.692. The van der Waals surface area contributed by atoms with Crippen molar-refractivity contribution in [1.82, 2.24) is 10.3 Å². The van der Waals surface area contributed by atoms with E-state index in [1.165, 1.54) is 16.2 Å². The second-order valence-electron chi connectivity index (χ2n) is 5.13. The van der Waals surface area contributed by atoms with Crippen molar-refractivity contribution in [2.75, 3.05) is 25.5 Å². The molecule has 1 fully saturated rings. The number of ether oxygens (including phenoxy) is 1. The molecule has 0 aromatic carbocycles. The maximum Gasteiger partial charge on any atom is 0.258 e. The number of piperidine rings is 1. The van der Waals surface area contributed by atoms with Crippen LogP contribution in [-0.2, 0) is 9.53 Å². The average Bonchev–Trinajstić information content (AvgIpc) is 2.88. The summed E-state index contributed by atoms with van der Waals surface area (Å²) in [6.45, 7) is 5.83. The monoisotopic (exact) mass is 283 g/mol. The Morgan fingerprint density at radius 3 is 2.74 bits per heavy atom. The molecule has 2 rings (SSSR count). The highest BCUT2D eigenvalue weighted by Crippen LogP contribution is 2.28. The Kier molecular flexibility index (Phi) is 4.54. The number of thiazole rings is 1. The second-order valence-corrected chi connectivity index (χ2v) is 6.19. The van der Waals surface area contributed by atoms with E-state index in [4.69, 9.17) is 4.74 Å². The van der Waals surface area contributed by atoms with E-state index in [2.05, 4.69) is 29.5 Å². The van der Waals surface area contributed by atoms with Crippen LogP contribution in [0.2, 0.25) is 0 Å². The first-order valence-corrected chi connectivity index (χ1v) is 7.42. The molecule has 106 valence electrons. The van der Waals surface area contributed by atoms with Crippen LogP contribution in [0.1, 0.15) is 37.5 Å². The number of carbonyl (C=O) groups is 1. The number of nitrogens with zero attached hydrogens (tertiary/aromatic N) is 1. The highest BCUT2D eigenvalue weighted by atomic mass is 32.1. The molecule has 0 unspecified atom stereocenters. The van der Waals surface area contributed by atoms with Crippen molar-refractivity contribution < 1.29 is 9.53 Å². The Morgan fingerprint density at radius 2 is 2.21 bits per heavy atom. The van der Waals surface area contributed by atoms with Crippen LogP contribution in [0.3, 0.4) is 0 Å². The lowest BCUT2D eigenvalue weighted by atomic mass is 9.91. The molecule has 2 heterocycles. The fourth-order valence-corrected chi connectivity index (χ4v) is 2.99. The average molecular weight is 283 g/mol. The zero-order valence-corrected chi connectivity index (χ0v) is 12.5. The molecule has 0 spiro atoms. The van der Waals surface area contributed by atoms with E-state index >= 15 is 0 Å². The number of rotatable bonds is 4. The minimum atomic E-state index is -0.713. The van der Waals surface area contributed by atoms with Gasteiger partial charge in [-0.25, -0.2) is 4.98 Å². The summed E-state index contributed by atoms with van der Waals surface area (Å²) in [7, 11) is 1.60. The zero-order chi connectivity index (χ0) is 13.9. The number of amides is 1. The van der Waals surface area contributed by atoms with Gasteiger partial charge in [-0.3, -0.25) is 10.1 Å². The molecule has 1 saturated heterocycles. The van der Waals surface area contributed by atoms with E-state index in [1.54, 1.807) is 7.11 Å². The SMILES string of the molecule is COC1(C(=O)Nc2ncc(C(C)C)s2)CCNCC1. The number of hydrogen-bond acceptors (Lipinski definition) is 5. The van der Waals surface area contributed by atoms with Crippen molar-refractivity contribution >= 4 is 22.4 Å². The summed E-state index contributed by atoms with van der Waals surface area (Å²) in [6.07, 6.45) is 3.21. The van der Waals surface area contributed by atoms with Crippen LogP contribution in [-0.4, -0.2) is 36.7 Å². The van der Waals surface area contributed by atoms with Gasteiger partial charge in [0, 0.05) is 18.2 Å². The Morgan fingerprint density at radius 1 is 1.53 bits per heavy atom. The number of nitrogens with one attached hydrogen (secondary N) is 2. The van der Waals surface area contributed by atoms with Crippen molar-refractivity contribution in [1.29, 1.82) is 0 Å². The van der Waals surface area contributed by atoms with Crippen molar-refractivity contribution in [3.8, 4) is 0 Å². The third-order valence-corrected chi connectivity index (χ3v) is 4.74. The summed E-state index contributed by atoms with van der Waals surface area (Å²) in [5.74, 6) is 0.347. The molecular formula is C13H21N3O2S. The zero-order valence-electron chi connectivity index (χ0n) is 11.7. The first kappa shape index (κ1) is 14.4. The number of carbonyl (C=O) groups excluding carboxylic acids is 1. The van der Waals surface area contributed by atoms with Gasteiger partial charge in [-0.05, 0) is 31.8 Å². The van der Waals surface area contributed by atoms with E-state index in [1.807, 2.05) is 6.20 Å². The van der Waals surface area contributed by atoms with Gasteiger partial charge in [-0.15, -0.1) is 11.3 Å². The van der Waals surface area contributed by atoms with E-state index < -0.39 is 5.60 Å². The molecule has 19 heavy (non-hydrogen) atoms. The topological polar surface area (TPSA) is 63.2 Å². The fourth-order valence-electron chi connectivity index (χ4n) is 2.18. The molecule has 0 saturated carbocycles. The lowest BCUT2D eigenvalue weighted by molar-refractivity contribution is -0.140. The molecule has 0 bridgehead atoms. The van der Waals surface area contributed by atoms with Gasteiger partial charge in [0.05, 0.1) is 0 Å². The Balaban J connectivity index is 2.06. The normalized spacial score (nSPS) is 18.5. The third kappa shape index (κ3) is 3.13. The number of methoxy groups -OCH3 is 1. The predicted octanol–water partition coefficient (Wildman–Crippen LogP) is 1.97. The minimum absolute atomic E-state index is 0.0823. The third-order valence-electron chi connectivity index (χ3n) is 3.53. The van der Waals surface area contributed by atoms with E-state index in [9.17, 15) is 4.79 Å². The van der Waals surface area contributed by atoms with Crippen LogP contribution in [0, 0.1) is 0 Å². The summed E-state index contributed by atoms with van der Waals surface area (Å²) in [4.78, 5) is 17.8. The molecule has 0 aliphatic carbocycles. The summed E-state index contributed by atoms with van der Waals surface area (Å²) >= 11 is 1.53. The standard InChI is InChI=1S/C13H21N3O2S/c1-9(2)10-8-15-12(19-10)16-11(17)13(18-3)4-6-14-7-5-13/h8-9,14H,4-7H2,1-3H3,(H,15,16,17). The smallest absolute Gasteiger partial charge is 0.258 e. The summed E-state index contributed by atoms with van der Waals surface area (Å²) in [5.41, 5.74) is -0.713. The predicted molar refractivity (Wildman–Crippen MR) is 76.7 cm³/mol. The molecule has 1 amide bonds. The van der Waals surface area contributed by atoms with Gasteiger partial charge in [-0.2, -0.15) is 0 Å². The maximum atomic E-state index is 12.4. The second kappa shape index (κ2) is 5.98.